The minimum atomic E-state index is 0.223. The van der Waals surface area contributed by atoms with Crippen molar-refractivity contribution in [3.63, 3.8) is 0 Å². The first-order chi connectivity index (χ1) is 9.63. The fourth-order valence-corrected chi connectivity index (χ4v) is 6.23. The second kappa shape index (κ2) is 4.62. The first-order valence-electron chi connectivity index (χ1n) is 7.57. The predicted octanol–water partition coefficient (Wildman–Crippen LogP) is 4.15. The Bertz CT molecular complexity index is 572. The van der Waals surface area contributed by atoms with Gasteiger partial charge in [0.15, 0.2) is 0 Å². The second-order valence-corrected chi connectivity index (χ2v) is 7.78. The van der Waals surface area contributed by atoms with Crippen molar-refractivity contribution in [1.29, 1.82) is 0 Å². The molecule has 2 N–H and O–H groups in total. The van der Waals surface area contributed by atoms with Crippen LogP contribution in [0.15, 0.2) is 10.5 Å². The van der Waals surface area contributed by atoms with E-state index >= 15 is 0 Å². The van der Waals surface area contributed by atoms with Gasteiger partial charge in [-0.3, -0.25) is 0 Å². The summed E-state index contributed by atoms with van der Waals surface area (Å²) in [6.07, 6.45) is 7.44. The van der Waals surface area contributed by atoms with Crippen LogP contribution in [0.3, 0.4) is 0 Å². The largest absolute Gasteiger partial charge is 0.505 e. The lowest BCUT2D eigenvalue weighted by Gasteiger charge is -2.56. The third kappa shape index (κ3) is 1.66. The lowest BCUT2D eigenvalue weighted by atomic mass is 9.53. The van der Waals surface area contributed by atoms with E-state index in [1.807, 2.05) is 6.07 Å². The van der Waals surface area contributed by atoms with E-state index in [1.165, 1.54) is 43.2 Å². The fourth-order valence-electron chi connectivity index (χ4n) is 5.03. The highest BCUT2D eigenvalue weighted by Gasteiger charge is 2.52. The molecule has 2 bridgehead atoms. The number of piperidine rings is 1. The van der Waals surface area contributed by atoms with Gasteiger partial charge in [0, 0.05) is 11.5 Å². The summed E-state index contributed by atoms with van der Waals surface area (Å²) in [5, 5.41) is 14.4. The zero-order valence-electron chi connectivity index (χ0n) is 11.4. The molecule has 4 rings (SSSR count). The van der Waals surface area contributed by atoms with Gasteiger partial charge in [0.05, 0.1) is 9.50 Å². The van der Waals surface area contributed by atoms with Crippen LogP contribution < -0.4 is 5.32 Å². The number of aromatic hydroxyl groups is 1. The van der Waals surface area contributed by atoms with Crippen LogP contribution in [0, 0.1) is 5.92 Å². The van der Waals surface area contributed by atoms with Crippen molar-refractivity contribution in [2.24, 2.45) is 5.92 Å². The van der Waals surface area contributed by atoms with Crippen LogP contribution >= 0.6 is 27.5 Å². The van der Waals surface area contributed by atoms with Crippen LogP contribution in [0.1, 0.15) is 43.2 Å². The summed E-state index contributed by atoms with van der Waals surface area (Å²) >= 11 is 9.82. The molecular weight excluding hydrogens is 338 g/mol. The summed E-state index contributed by atoms with van der Waals surface area (Å²) in [6.45, 7) is 1.09. The van der Waals surface area contributed by atoms with Crippen molar-refractivity contribution >= 4 is 27.5 Å². The minimum Gasteiger partial charge on any atom is -0.505 e. The Morgan fingerprint density at radius 3 is 3.05 bits per heavy atom. The molecule has 3 atom stereocenters. The van der Waals surface area contributed by atoms with Gasteiger partial charge >= 0.3 is 0 Å². The summed E-state index contributed by atoms with van der Waals surface area (Å²) < 4.78 is 0.854. The monoisotopic (exact) mass is 355 g/mol. The van der Waals surface area contributed by atoms with Gasteiger partial charge in [-0.2, -0.15) is 0 Å². The number of hydrogen-bond acceptors (Lipinski definition) is 2. The van der Waals surface area contributed by atoms with E-state index in [0.717, 1.165) is 23.4 Å². The molecule has 0 spiro atoms. The molecule has 20 heavy (non-hydrogen) atoms. The number of halogens is 2. The summed E-state index contributed by atoms with van der Waals surface area (Å²) in [5.74, 6) is 0.940. The van der Waals surface area contributed by atoms with E-state index < -0.39 is 0 Å². The molecule has 2 nitrogen and oxygen atoms in total. The Labute approximate surface area is 133 Å². The molecule has 1 heterocycles. The zero-order valence-corrected chi connectivity index (χ0v) is 13.7. The highest BCUT2D eigenvalue weighted by Crippen LogP contribution is 2.57. The normalized spacial score (nSPS) is 35.3. The second-order valence-electron chi connectivity index (χ2n) is 6.58. The number of benzene rings is 1. The third-order valence-corrected chi connectivity index (χ3v) is 6.83. The van der Waals surface area contributed by atoms with Gasteiger partial charge in [-0.25, -0.2) is 0 Å². The quantitative estimate of drug-likeness (QED) is 0.732. The van der Waals surface area contributed by atoms with Gasteiger partial charge in [-0.15, -0.1) is 0 Å². The molecule has 1 saturated heterocycles. The van der Waals surface area contributed by atoms with Crippen LogP contribution in [0.4, 0.5) is 0 Å². The number of rotatable bonds is 0. The van der Waals surface area contributed by atoms with E-state index in [-0.39, 0.29) is 11.2 Å². The summed E-state index contributed by atoms with van der Waals surface area (Å²) in [7, 11) is 0. The van der Waals surface area contributed by atoms with Crippen molar-refractivity contribution in [1.82, 2.24) is 5.32 Å². The molecule has 0 amide bonds. The smallest absolute Gasteiger partial charge is 0.148 e. The Balaban J connectivity index is 1.97. The fraction of sp³-hybridized carbons (Fsp3) is 0.625. The number of hydrogen-bond donors (Lipinski definition) is 2. The van der Waals surface area contributed by atoms with E-state index in [0.29, 0.717) is 11.1 Å². The average Bonchev–Trinajstić information content (AvgIpc) is 2.44. The molecule has 1 aromatic carbocycles. The molecular formula is C16H19BrClNO. The topological polar surface area (TPSA) is 32.3 Å². The molecule has 108 valence electrons. The van der Waals surface area contributed by atoms with Crippen LogP contribution in [0.25, 0.3) is 0 Å². The zero-order chi connectivity index (χ0) is 13.9. The third-order valence-electron chi connectivity index (χ3n) is 5.77. The summed E-state index contributed by atoms with van der Waals surface area (Å²) in [6, 6.07) is 2.58. The Hall–Kier alpha value is -0.250. The molecule has 3 aliphatic rings. The van der Waals surface area contributed by atoms with Gasteiger partial charge < -0.3 is 10.4 Å². The molecule has 2 fully saturated rings. The summed E-state index contributed by atoms with van der Waals surface area (Å²) in [4.78, 5) is 0. The van der Waals surface area contributed by atoms with Crippen LogP contribution in [-0.4, -0.2) is 17.7 Å². The van der Waals surface area contributed by atoms with Gasteiger partial charge in [0.25, 0.3) is 0 Å². The van der Waals surface area contributed by atoms with E-state index in [1.54, 1.807) is 0 Å². The standard InChI is InChI=1S/C16H19BrClNO/c17-14-13-9(7-11(18)15(14)20)8-12-10-3-1-2-4-16(10,13)5-6-19-12/h7,10,12,19-20H,1-6,8H2/t10-,12+,16+/m1/s1. The maximum absolute atomic E-state index is 10.3. The summed E-state index contributed by atoms with van der Waals surface area (Å²) in [5.41, 5.74) is 2.94. The maximum Gasteiger partial charge on any atom is 0.148 e. The van der Waals surface area contributed by atoms with Gasteiger partial charge in [0.2, 0.25) is 0 Å². The van der Waals surface area contributed by atoms with Crippen molar-refractivity contribution in [3.05, 3.63) is 26.7 Å². The van der Waals surface area contributed by atoms with E-state index in [4.69, 9.17) is 11.6 Å². The lowest BCUT2D eigenvalue weighted by Crippen LogP contribution is -2.59. The molecule has 2 aliphatic carbocycles. The first kappa shape index (κ1) is 13.4. The van der Waals surface area contributed by atoms with Crippen molar-refractivity contribution < 1.29 is 5.11 Å². The highest BCUT2D eigenvalue weighted by atomic mass is 79.9. The predicted molar refractivity (Wildman–Crippen MR) is 84.6 cm³/mol. The van der Waals surface area contributed by atoms with E-state index in [2.05, 4.69) is 21.2 Å². The van der Waals surface area contributed by atoms with Crippen molar-refractivity contribution in [2.45, 2.75) is 50.0 Å². The molecule has 0 radical (unpaired) electrons. The Morgan fingerprint density at radius 2 is 2.20 bits per heavy atom. The maximum atomic E-state index is 10.3. The van der Waals surface area contributed by atoms with Crippen molar-refractivity contribution in [2.75, 3.05) is 6.54 Å². The molecule has 1 aromatic rings. The minimum absolute atomic E-state index is 0.223. The first-order valence-corrected chi connectivity index (χ1v) is 8.74. The van der Waals surface area contributed by atoms with Gasteiger partial charge in [0.1, 0.15) is 5.75 Å². The highest BCUT2D eigenvalue weighted by molar-refractivity contribution is 9.10. The lowest BCUT2D eigenvalue weighted by molar-refractivity contribution is 0.0788. The number of fused-ring (bicyclic) bond motifs is 1. The molecule has 1 aliphatic heterocycles. The number of phenolic OH excluding ortho intramolecular Hbond substituents is 1. The van der Waals surface area contributed by atoms with E-state index in [9.17, 15) is 5.11 Å². The Morgan fingerprint density at radius 1 is 1.35 bits per heavy atom. The molecule has 1 saturated carbocycles. The van der Waals surface area contributed by atoms with Gasteiger partial charge in [-0.05, 0) is 71.3 Å². The molecule has 0 unspecified atom stereocenters. The van der Waals surface area contributed by atoms with Crippen molar-refractivity contribution in [3.8, 4) is 5.75 Å². The average molecular weight is 357 g/mol. The van der Waals surface area contributed by atoms with Crippen LogP contribution in [0.5, 0.6) is 5.75 Å². The SMILES string of the molecule is Oc1c(Cl)cc2c(c1Br)[C@]13CCCC[C@@H]1[C@H](C2)NCC3. The molecule has 4 heteroatoms. The van der Waals surface area contributed by atoms with Crippen LogP contribution in [-0.2, 0) is 11.8 Å². The Kier molecular flexibility index (Phi) is 3.10. The number of phenols is 1. The van der Waals surface area contributed by atoms with Crippen LogP contribution in [0.2, 0.25) is 5.02 Å². The number of nitrogens with one attached hydrogen (secondary N) is 1. The van der Waals surface area contributed by atoms with Gasteiger partial charge in [-0.1, -0.05) is 24.4 Å². The molecule has 0 aromatic heterocycles.